The first-order valence-electron chi connectivity index (χ1n) is 11.3. The lowest BCUT2D eigenvalue weighted by atomic mass is 10.1. The molecule has 0 saturated carbocycles. The summed E-state index contributed by atoms with van der Waals surface area (Å²) in [5.41, 5.74) is 0. The molecule has 0 fully saturated rings. The van der Waals surface area contributed by atoms with E-state index in [1.807, 2.05) is 0 Å². The van der Waals surface area contributed by atoms with Crippen LogP contribution in [0.3, 0.4) is 0 Å². The van der Waals surface area contributed by atoms with Crippen molar-refractivity contribution < 1.29 is 4.74 Å². The second kappa shape index (κ2) is 23.7. The molecule has 0 radical (unpaired) electrons. The van der Waals surface area contributed by atoms with Crippen LogP contribution < -0.4 is 5.32 Å². The summed E-state index contributed by atoms with van der Waals surface area (Å²) in [4.78, 5) is 0. The van der Waals surface area contributed by atoms with Gasteiger partial charge in [0.05, 0.1) is 6.61 Å². The predicted molar refractivity (Wildman–Crippen MR) is 113 cm³/mol. The van der Waals surface area contributed by atoms with Gasteiger partial charge in [-0.3, -0.25) is 0 Å². The fraction of sp³-hybridized carbons (Fsp3) is 0.913. The highest BCUT2D eigenvalue weighted by molar-refractivity contribution is 4.81. The van der Waals surface area contributed by atoms with Gasteiger partial charge in [0.1, 0.15) is 0 Å². The van der Waals surface area contributed by atoms with Crippen molar-refractivity contribution in [1.82, 2.24) is 5.32 Å². The van der Waals surface area contributed by atoms with Crippen molar-refractivity contribution in [1.29, 1.82) is 0 Å². The third kappa shape index (κ3) is 23.7. The minimum absolute atomic E-state index is 0.866. The third-order valence-corrected chi connectivity index (χ3v) is 4.65. The normalized spacial score (nSPS) is 11.6. The Morgan fingerprint density at radius 3 is 1.72 bits per heavy atom. The van der Waals surface area contributed by atoms with E-state index in [9.17, 15) is 0 Å². The number of hydrogen-bond acceptors (Lipinski definition) is 2. The first-order valence-corrected chi connectivity index (χ1v) is 11.3. The number of nitrogens with one attached hydrogen (secondary N) is 1. The minimum Gasteiger partial charge on any atom is -0.380 e. The molecule has 0 heterocycles. The van der Waals surface area contributed by atoms with E-state index < -0.39 is 0 Å². The molecule has 0 amide bonds. The number of ether oxygens (including phenoxy) is 1. The summed E-state index contributed by atoms with van der Waals surface area (Å²) in [7, 11) is 0. The van der Waals surface area contributed by atoms with Gasteiger partial charge >= 0.3 is 0 Å². The van der Waals surface area contributed by atoms with Crippen molar-refractivity contribution >= 4 is 0 Å². The smallest absolute Gasteiger partial charge is 0.0590 e. The Hall–Kier alpha value is -0.340. The van der Waals surface area contributed by atoms with Crippen molar-refractivity contribution in [3.8, 4) is 0 Å². The molecule has 0 bridgehead atoms. The number of rotatable bonds is 21. The molecule has 0 aromatic heterocycles. The molecular formula is C23H47NO. The van der Waals surface area contributed by atoms with Crippen LogP contribution in [0.15, 0.2) is 12.2 Å². The summed E-state index contributed by atoms with van der Waals surface area (Å²) in [6, 6.07) is 0. The van der Waals surface area contributed by atoms with Crippen LogP contribution in [-0.2, 0) is 4.74 Å². The second-order valence-corrected chi connectivity index (χ2v) is 7.30. The lowest BCUT2D eigenvalue weighted by molar-refractivity contribution is 0.131. The fourth-order valence-corrected chi connectivity index (χ4v) is 3.00. The Kier molecular flexibility index (Phi) is 23.3. The SMILES string of the molecule is CCCCCCCC/C=C\CCCCCCCCOCCNCCC. The van der Waals surface area contributed by atoms with Gasteiger partial charge in [-0.05, 0) is 45.1 Å². The molecule has 0 unspecified atom stereocenters. The molecule has 0 aliphatic heterocycles. The number of hydrogen-bond donors (Lipinski definition) is 1. The number of allylic oxidation sites excluding steroid dienone is 2. The van der Waals surface area contributed by atoms with Gasteiger partial charge in [-0.25, -0.2) is 0 Å². The van der Waals surface area contributed by atoms with Crippen molar-refractivity contribution in [2.24, 2.45) is 0 Å². The zero-order chi connectivity index (χ0) is 18.3. The maximum atomic E-state index is 5.63. The Bertz CT molecular complexity index is 252. The summed E-state index contributed by atoms with van der Waals surface area (Å²) in [6.45, 7) is 8.39. The van der Waals surface area contributed by atoms with Gasteiger partial charge < -0.3 is 10.1 Å². The Morgan fingerprint density at radius 1 is 0.560 bits per heavy atom. The van der Waals surface area contributed by atoms with Crippen LogP contribution in [0.25, 0.3) is 0 Å². The molecule has 0 aromatic carbocycles. The van der Waals surface area contributed by atoms with Crippen LogP contribution in [0.2, 0.25) is 0 Å². The quantitative estimate of drug-likeness (QED) is 0.176. The van der Waals surface area contributed by atoms with E-state index in [-0.39, 0.29) is 0 Å². The molecular weight excluding hydrogens is 306 g/mol. The first kappa shape index (κ1) is 24.7. The maximum absolute atomic E-state index is 5.63. The molecule has 0 saturated heterocycles. The lowest BCUT2D eigenvalue weighted by Crippen LogP contribution is -2.20. The molecule has 2 nitrogen and oxygen atoms in total. The summed E-state index contributed by atoms with van der Waals surface area (Å²) in [5.74, 6) is 0. The molecule has 1 N–H and O–H groups in total. The Balaban J connectivity index is 3.03. The maximum Gasteiger partial charge on any atom is 0.0590 e. The standard InChI is InChI=1S/C23H47NO/c1-3-5-6-7-8-9-10-11-12-13-14-15-16-17-18-19-22-25-23-21-24-20-4-2/h11-12,24H,3-10,13-23H2,1-2H3/b12-11-. The summed E-state index contributed by atoms with van der Waals surface area (Å²) in [5, 5.41) is 3.36. The molecule has 0 atom stereocenters. The topological polar surface area (TPSA) is 21.3 Å². The molecule has 25 heavy (non-hydrogen) atoms. The van der Waals surface area contributed by atoms with E-state index >= 15 is 0 Å². The van der Waals surface area contributed by atoms with Gasteiger partial charge in [-0.1, -0.05) is 83.8 Å². The summed E-state index contributed by atoms with van der Waals surface area (Å²) in [6.07, 6.45) is 25.1. The monoisotopic (exact) mass is 353 g/mol. The highest BCUT2D eigenvalue weighted by Crippen LogP contribution is 2.09. The average molecular weight is 354 g/mol. The van der Waals surface area contributed by atoms with Crippen LogP contribution in [0, 0.1) is 0 Å². The molecule has 150 valence electrons. The van der Waals surface area contributed by atoms with Crippen LogP contribution in [0.5, 0.6) is 0 Å². The van der Waals surface area contributed by atoms with Crippen molar-refractivity contribution in [2.45, 2.75) is 110 Å². The van der Waals surface area contributed by atoms with Gasteiger partial charge in [-0.15, -0.1) is 0 Å². The fourth-order valence-electron chi connectivity index (χ4n) is 3.00. The van der Waals surface area contributed by atoms with E-state index in [0.717, 1.165) is 26.3 Å². The van der Waals surface area contributed by atoms with Crippen molar-refractivity contribution in [2.75, 3.05) is 26.3 Å². The highest BCUT2D eigenvalue weighted by atomic mass is 16.5. The molecule has 0 aliphatic carbocycles. The zero-order valence-electron chi connectivity index (χ0n) is 17.5. The Morgan fingerprint density at radius 2 is 1.12 bits per heavy atom. The van der Waals surface area contributed by atoms with Gasteiger partial charge in [-0.2, -0.15) is 0 Å². The van der Waals surface area contributed by atoms with Crippen molar-refractivity contribution in [3.05, 3.63) is 12.2 Å². The summed E-state index contributed by atoms with van der Waals surface area (Å²) >= 11 is 0. The molecule has 0 rings (SSSR count). The average Bonchev–Trinajstić information content (AvgIpc) is 2.63. The van der Waals surface area contributed by atoms with Crippen LogP contribution >= 0.6 is 0 Å². The number of unbranched alkanes of at least 4 members (excludes halogenated alkanes) is 12. The van der Waals surface area contributed by atoms with Gasteiger partial charge in [0.15, 0.2) is 0 Å². The largest absolute Gasteiger partial charge is 0.380 e. The van der Waals surface area contributed by atoms with Gasteiger partial charge in [0.25, 0.3) is 0 Å². The van der Waals surface area contributed by atoms with Crippen LogP contribution in [0.1, 0.15) is 110 Å². The van der Waals surface area contributed by atoms with E-state index in [4.69, 9.17) is 4.74 Å². The van der Waals surface area contributed by atoms with E-state index in [1.54, 1.807) is 0 Å². The summed E-state index contributed by atoms with van der Waals surface area (Å²) < 4.78 is 5.63. The highest BCUT2D eigenvalue weighted by Gasteiger charge is 1.93. The van der Waals surface area contributed by atoms with Crippen molar-refractivity contribution in [3.63, 3.8) is 0 Å². The van der Waals surface area contributed by atoms with E-state index in [0.29, 0.717) is 0 Å². The second-order valence-electron chi connectivity index (χ2n) is 7.30. The van der Waals surface area contributed by atoms with Gasteiger partial charge in [0, 0.05) is 13.2 Å². The molecule has 2 heteroatoms. The molecule has 0 aliphatic rings. The van der Waals surface area contributed by atoms with E-state index in [1.165, 1.54) is 96.3 Å². The van der Waals surface area contributed by atoms with Gasteiger partial charge in [0.2, 0.25) is 0 Å². The minimum atomic E-state index is 0.866. The van der Waals surface area contributed by atoms with Crippen LogP contribution in [0.4, 0.5) is 0 Å². The van der Waals surface area contributed by atoms with Crippen LogP contribution in [-0.4, -0.2) is 26.3 Å². The Labute approximate surface area is 159 Å². The first-order chi connectivity index (χ1) is 12.4. The predicted octanol–water partition coefficient (Wildman–Crippen LogP) is 7.04. The zero-order valence-corrected chi connectivity index (χ0v) is 17.5. The molecule has 0 spiro atoms. The van der Waals surface area contributed by atoms with E-state index in [2.05, 4.69) is 31.3 Å². The lowest BCUT2D eigenvalue weighted by Gasteiger charge is -2.05. The third-order valence-electron chi connectivity index (χ3n) is 4.65. The molecule has 0 aromatic rings.